The van der Waals surface area contributed by atoms with Crippen LogP contribution in [-0.4, -0.2) is 18.2 Å². The highest BCUT2D eigenvalue weighted by atomic mass is 32.2. The standard InChI is InChI=1S/C13H19FN2OS/c1-9(2)5-6-16-13(17)8-18-12-4-3-10(15)7-11(12)14/h3-4,7,9H,5-6,8,15H2,1-2H3,(H,16,17). The fourth-order valence-electron chi connectivity index (χ4n) is 1.33. The van der Waals surface area contributed by atoms with E-state index < -0.39 is 0 Å². The molecule has 0 saturated heterocycles. The van der Waals surface area contributed by atoms with Crippen molar-refractivity contribution in [3.63, 3.8) is 0 Å². The molecule has 0 atom stereocenters. The van der Waals surface area contributed by atoms with Crippen LogP contribution in [0.5, 0.6) is 0 Å². The quantitative estimate of drug-likeness (QED) is 0.617. The lowest BCUT2D eigenvalue weighted by Gasteiger charge is -2.07. The van der Waals surface area contributed by atoms with Crippen LogP contribution in [0.1, 0.15) is 20.3 Å². The Bertz CT molecular complexity index is 410. The topological polar surface area (TPSA) is 55.1 Å². The Hall–Kier alpha value is -1.23. The second-order valence-corrected chi connectivity index (χ2v) is 5.53. The van der Waals surface area contributed by atoms with Gasteiger partial charge in [-0.15, -0.1) is 11.8 Å². The molecule has 0 spiro atoms. The molecule has 1 aromatic carbocycles. The third-order valence-electron chi connectivity index (χ3n) is 2.36. The summed E-state index contributed by atoms with van der Waals surface area (Å²) in [7, 11) is 0. The number of hydrogen-bond acceptors (Lipinski definition) is 3. The Kier molecular flexibility index (Phi) is 5.98. The molecule has 0 heterocycles. The van der Waals surface area contributed by atoms with Crippen molar-refractivity contribution in [2.75, 3.05) is 18.0 Å². The first-order valence-corrected chi connectivity index (χ1v) is 6.92. The average Bonchev–Trinajstić information content (AvgIpc) is 2.27. The van der Waals surface area contributed by atoms with Gasteiger partial charge in [-0.1, -0.05) is 13.8 Å². The van der Waals surface area contributed by atoms with Crippen molar-refractivity contribution < 1.29 is 9.18 Å². The van der Waals surface area contributed by atoms with E-state index in [0.717, 1.165) is 6.42 Å². The van der Waals surface area contributed by atoms with E-state index in [-0.39, 0.29) is 17.5 Å². The Morgan fingerprint density at radius 3 is 2.83 bits per heavy atom. The summed E-state index contributed by atoms with van der Waals surface area (Å²) in [5.74, 6) is 0.332. The van der Waals surface area contributed by atoms with Gasteiger partial charge in [0.1, 0.15) is 5.82 Å². The lowest BCUT2D eigenvalue weighted by Crippen LogP contribution is -2.26. The van der Waals surface area contributed by atoms with Crippen molar-refractivity contribution in [3.8, 4) is 0 Å². The molecule has 0 aromatic heterocycles. The van der Waals surface area contributed by atoms with E-state index in [2.05, 4.69) is 19.2 Å². The third kappa shape index (κ3) is 5.40. The van der Waals surface area contributed by atoms with Gasteiger partial charge in [0.25, 0.3) is 0 Å². The summed E-state index contributed by atoms with van der Waals surface area (Å²) in [5, 5.41) is 2.81. The molecule has 1 amide bonds. The number of benzene rings is 1. The molecule has 3 N–H and O–H groups in total. The van der Waals surface area contributed by atoms with Crippen molar-refractivity contribution in [2.45, 2.75) is 25.2 Å². The first-order chi connectivity index (χ1) is 8.49. The van der Waals surface area contributed by atoms with Crippen LogP contribution >= 0.6 is 11.8 Å². The van der Waals surface area contributed by atoms with E-state index in [1.807, 2.05) is 0 Å². The van der Waals surface area contributed by atoms with E-state index in [1.54, 1.807) is 12.1 Å². The van der Waals surface area contributed by atoms with E-state index in [9.17, 15) is 9.18 Å². The van der Waals surface area contributed by atoms with Gasteiger partial charge in [0.15, 0.2) is 0 Å². The van der Waals surface area contributed by atoms with Gasteiger partial charge in [-0.25, -0.2) is 4.39 Å². The Morgan fingerprint density at radius 1 is 1.50 bits per heavy atom. The minimum Gasteiger partial charge on any atom is -0.399 e. The number of thioether (sulfide) groups is 1. The number of nitrogen functional groups attached to an aromatic ring is 1. The van der Waals surface area contributed by atoms with Crippen molar-refractivity contribution in [1.29, 1.82) is 0 Å². The number of anilines is 1. The number of carbonyl (C=O) groups is 1. The van der Waals surface area contributed by atoms with Gasteiger partial charge in [-0.05, 0) is 30.5 Å². The zero-order chi connectivity index (χ0) is 13.5. The van der Waals surface area contributed by atoms with E-state index in [4.69, 9.17) is 5.73 Å². The lowest BCUT2D eigenvalue weighted by atomic mass is 10.1. The predicted molar refractivity (Wildman–Crippen MR) is 74.0 cm³/mol. The number of carbonyl (C=O) groups excluding carboxylic acids is 1. The second-order valence-electron chi connectivity index (χ2n) is 4.51. The molecule has 18 heavy (non-hydrogen) atoms. The van der Waals surface area contributed by atoms with Gasteiger partial charge in [0.05, 0.1) is 5.75 Å². The van der Waals surface area contributed by atoms with E-state index in [0.29, 0.717) is 23.0 Å². The number of hydrogen-bond donors (Lipinski definition) is 2. The fraction of sp³-hybridized carbons (Fsp3) is 0.462. The highest BCUT2D eigenvalue weighted by Gasteiger charge is 2.07. The molecule has 0 aliphatic rings. The van der Waals surface area contributed by atoms with Crippen LogP contribution in [-0.2, 0) is 4.79 Å². The molecular formula is C13H19FN2OS. The maximum Gasteiger partial charge on any atom is 0.230 e. The number of nitrogens with two attached hydrogens (primary N) is 1. The first kappa shape index (κ1) is 14.8. The van der Waals surface area contributed by atoms with Crippen LogP contribution in [0.2, 0.25) is 0 Å². The van der Waals surface area contributed by atoms with Crippen molar-refractivity contribution in [1.82, 2.24) is 5.32 Å². The molecule has 0 unspecified atom stereocenters. The van der Waals surface area contributed by atoms with Crippen LogP contribution < -0.4 is 11.1 Å². The van der Waals surface area contributed by atoms with Crippen molar-refractivity contribution in [2.24, 2.45) is 5.92 Å². The molecular weight excluding hydrogens is 251 g/mol. The number of nitrogens with one attached hydrogen (secondary N) is 1. The Balaban J connectivity index is 2.33. The lowest BCUT2D eigenvalue weighted by molar-refractivity contribution is -0.118. The van der Waals surface area contributed by atoms with Crippen LogP contribution in [0.15, 0.2) is 23.1 Å². The molecule has 0 bridgehead atoms. The molecule has 0 saturated carbocycles. The summed E-state index contributed by atoms with van der Waals surface area (Å²) in [6.07, 6.45) is 0.951. The maximum atomic E-state index is 13.4. The molecule has 1 rings (SSSR count). The molecule has 5 heteroatoms. The molecule has 0 aliphatic carbocycles. The van der Waals surface area contributed by atoms with Gasteiger partial charge in [-0.2, -0.15) is 0 Å². The van der Waals surface area contributed by atoms with Crippen LogP contribution in [0.3, 0.4) is 0 Å². The highest BCUT2D eigenvalue weighted by molar-refractivity contribution is 8.00. The average molecular weight is 270 g/mol. The SMILES string of the molecule is CC(C)CCNC(=O)CSc1ccc(N)cc1F. The largest absolute Gasteiger partial charge is 0.399 e. The van der Waals surface area contributed by atoms with Crippen LogP contribution in [0.25, 0.3) is 0 Å². The highest BCUT2D eigenvalue weighted by Crippen LogP contribution is 2.23. The second kappa shape index (κ2) is 7.26. The first-order valence-electron chi connectivity index (χ1n) is 5.93. The number of amides is 1. The van der Waals surface area contributed by atoms with Gasteiger partial charge in [-0.3, -0.25) is 4.79 Å². The maximum absolute atomic E-state index is 13.4. The summed E-state index contributed by atoms with van der Waals surface area (Å²) in [6, 6.07) is 4.48. The summed E-state index contributed by atoms with van der Waals surface area (Å²) >= 11 is 1.18. The van der Waals surface area contributed by atoms with Gasteiger partial charge < -0.3 is 11.1 Å². The summed E-state index contributed by atoms with van der Waals surface area (Å²) in [6.45, 7) is 4.87. The summed E-state index contributed by atoms with van der Waals surface area (Å²) in [4.78, 5) is 11.9. The fourth-order valence-corrected chi connectivity index (χ4v) is 2.08. The van der Waals surface area contributed by atoms with Crippen molar-refractivity contribution >= 4 is 23.4 Å². The van der Waals surface area contributed by atoms with Gasteiger partial charge >= 0.3 is 0 Å². The Labute approximate surface area is 111 Å². The van der Waals surface area contributed by atoms with Crippen LogP contribution in [0, 0.1) is 11.7 Å². The van der Waals surface area contributed by atoms with Gasteiger partial charge in [0.2, 0.25) is 5.91 Å². The van der Waals surface area contributed by atoms with Crippen LogP contribution in [0.4, 0.5) is 10.1 Å². The Morgan fingerprint density at radius 2 is 2.22 bits per heavy atom. The smallest absolute Gasteiger partial charge is 0.230 e. The van der Waals surface area contributed by atoms with E-state index in [1.165, 1.54) is 17.8 Å². The molecule has 100 valence electrons. The zero-order valence-corrected chi connectivity index (χ0v) is 11.5. The molecule has 1 aromatic rings. The van der Waals surface area contributed by atoms with Crippen molar-refractivity contribution in [3.05, 3.63) is 24.0 Å². The van der Waals surface area contributed by atoms with Gasteiger partial charge in [0, 0.05) is 17.1 Å². The van der Waals surface area contributed by atoms with E-state index >= 15 is 0 Å². The minimum absolute atomic E-state index is 0.0723. The molecule has 3 nitrogen and oxygen atoms in total. The predicted octanol–water partition coefficient (Wildman–Crippen LogP) is 2.66. The third-order valence-corrected chi connectivity index (χ3v) is 3.41. The normalized spacial score (nSPS) is 10.7. The molecule has 0 fully saturated rings. The molecule has 0 radical (unpaired) electrons. The monoisotopic (exact) mass is 270 g/mol. The minimum atomic E-state index is -0.380. The zero-order valence-electron chi connectivity index (χ0n) is 10.7. The summed E-state index contributed by atoms with van der Waals surface area (Å²) in [5.41, 5.74) is 5.84. The number of rotatable bonds is 6. The summed E-state index contributed by atoms with van der Waals surface area (Å²) < 4.78 is 13.4. The number of halogens is 1. The molecule has 0 aliphatic heterocycles.